The Labute approximate surface area is 117 Å². The third-order valence-electron chi connectivity index (χ3n) is 3.17. The maximum absolute atomic E-state index is 11.9. The maximum atomic E-state index is 11.9. The number of aryl methyl sites for hydroxylation is 2. The Hall–Kier alpha value is -1.49. The van der Waals surface area contributed by atoms with Gasteiger partial charge < -0.3 is 10.6 Å². The van der Waals surface area contributed by atoms with Gasteiger partial charge in [0.05, 0.1) is 5.25 Å². The monoisotopic (exact) mass is 278 g/mol. The summed E-state index contributed by atoms with van der Waals surface area (Å²) in [6.45, 7) is 4.73. The van der Waals surface area contributed by atoms with Gasteiger partial charge in [-0.15, -0.1) is 11.8 Å². The predicted octanol–water partition coefficient (Wildman–Crippen LogP) is 1.86. The highest BCUT2D eigenvalue weighted by Crippen LogP contribution is 2.19. The molecule has 2 rings (SSSR count). The lowest BCUT2D eigenvalue weighted by Crippen LogP contribution is -2.40. The molecule has 1 aliphatic rings. The average molecular weight is 278 g/mol. The fourth-order valence-corrected chi connectivity index (χ4v) is 2.92. The molecule has 0 saturated carbocycles. The highest BCUT2D eigenvalue weighted by atomic mass is 32.2. The summed E-state index contributed by atoms with van der Waals surface area (Å²) < 4.78 is 0. The van der Waals surface area contributed by atoms with E-state index < -0.39 is 0 Å². The van der Waals surface area contributed by atoms with Crippen molar-refractivity contribution in [2.45, 2.75) is 25.5 Å². The molecule has 0 aromatic heterocycles. The molecule has 1 saturated heterocycles. The lowest BCUT2D eigenvalue weighted by molar-refractivity contribution is -0.123. The molecule has 1 heterocycles. The van der Waals surface area contributed by atoms with Crippen LogP contribution in [0.25, 0.3) is 0 Å². The molecular formula is C14H18N2O2S. The van der Waals surface area contributed by atoms with Crippen molar-refractivity contribution in [2.75, 3.05) is 17.6 Å². The third-order valence-corrected chi connectivity index (χ3v) is 4.40. The van der Waals surface area contributed by atoms with Crippen molar-refractivity contribution in [1.29, 1.82) is 0 Å². The van der Waals surface area contributed by atoms with Gasteiger partial charge in [-0.05, 0) is 37.1 Å². The lowest BCUT2D eigenvalue weighted by Gasteiger charge is -2.20. The van der Waals surface area contributed by atoms with Crippen LogP contribution in [0.5, 0.6) is 0 Å². The standard InChI is InChI=1S/C14H18N2O2S/c1-9-3-4-11(7-10(9)2)16-13(17)8-12-14(18)15-5-6-19-12/h3-4,7,12H,5-6,8H2,1-2H3,(H,15,18)(H,16,17). The van der Waals surface area contributed by atoms with E-state index in [0.29, 0.717) is 6.54 Å². The third kappa shape index (κ3) is 3.73. The Morgan fingerprint density at radius 3 is 2.89 bits per heavy atom. The number of hydrogen-bond acceptors (Lipinski definition) is 3. The fourth-order valence-electron chi connectivity index (χ4n) is 1.92. The topological polar surface area (TPSA) is 58.2 Å². The summed E-state index contributed by atoms with van der Waals surface area (Å²) >= 11 is 1.54. The molecule has 4 nitrogen and oxygen atoms in total. The Balaban J connectivity index is 1.93. The molecule has 1 unspecified atom stereocenters. The molecule has 2 amide bonds. The summed E-state index contributed by atoms with van der Waals surface area (Å²) in [6, 6.07) is 5.81. The normalized spacial score (nSPS) is 18.8. The Bertz CT molecular complexity index is 502. The summed E-state index contributed by atoms with van der Waals surface area (Å²) in [5.74, 6) is 0.720. The minimum atomic E-state index is -0.264. The smallest absolute Gasteiger partial charge is 0.233 e. The largest absolute Gasteiger partial charge is 0.354 e. The number of anilines is 1. The highest BCUT2D eigenvalue weighted by molar-refractivity contribution is 8.00. The van der Waals surface area contributed by atoms with Crippen LogP contribution < -0.4 is 10.6 Å². The van der Waals surface area contributed by atoms with Crippen LogP contribution in [0.3, 0.4) is 0 Å². The average Bonchev–Trinajstić information content (AvgIpc) is 2.37. The van der Waals surface area contributed by atoms with Gasteiger partial charge in [0.15, 0.2) is 0 Å². The van der Waals surface area contributed by atoms with Crippen LogP contribution >= 0.6 is 11.8 Å². The van der Waals surface area contributed by atoms with Gasteiger partial charge in [-0.25, -0.2) is 0 Å². The van der Waals surface area contributed by atoms with E-state index in [1.807, 2.05) is 32.0 Å². The first kappa shape index (κ1) is 13.9. The SMILES string of the molecule is Cc1ccc(NC(=O)CC2SCCNC2=O)cc1C. The fraction of sp³-hybridized carbons (Fsp3) is 0.429. The number of hydrogen-bond donors (Lipinski definition) is 2. The number of thioether (sulfide) groups is 1. The molecule has 1 fully saturated rings. The van der Waals surface area contributed by atoms with E-state index in [4.69, 9.17) is 0 Å². The van der Waals surface area contributed by atoms with Crippen LogP contribution in [-0.4, -0.2) is 29.4 Å². The number of carbonyl (C=O) groups excluding carboxylic acids is 2. The second kappa shape index (κ2) is 6.10. The molecule has 0 radical (unpaired) electrons. The van der Waals surface area contributed by atoms with Gasteiger partial charge in [0.25, 0.3) is 0 Å². The van der Waals surface area contributed by atoms with Gasteiger partial charge in [0.1, 0.15) is 0 Å². The molecule has 1 atom stereocenters. The van der Waals surface area contributed by atoms with Gasteiger partial charge in [-0.3, -0.25) is 9.59 Å². The van der Waals surface area contributed by atoms with Crippen LogP contribution in [0.2, 0.25) is 0 Å². The molecule has 0 aliphatic carbocycles. The second-order valence-corrected chi connectivity index (χ2v) is 6.01. The first-order valence-electron chi connectivity index (χ1n) is 6.32. The van der Waals surface area contributed by atoms with Crippen molar-refractivity contribution in [3.8, 4) is 0 Å². The number of amides is 2. The first-order chi connectivity index (χ1) is 9.06. The molecule has 1 aliphatic heterocycles. The molecule has 19 heavy (non-hydrogen) atoms. The zero-order valence-electron chi connectivity index (χ0n) is 11.2. The molecule has 102 valence electrons. The summed E-state index contributed by atoms with van der Waals surface area (Å²) in [6.07, 6.45) is 0.226. The van der Waals surface area contributed by atoms with Crippen molar-refractivity contribution >= 4 is 29.3 Å². The highest BCUT2D eigenvalue weighted by Gasteiger charge is 2.25. The van der Waals surface area contributed by atoms with E-state index in [1.54, 1.807) is 11.8 Å². The predicted molar refractivity (Wildman–Crippen MR) is 78.4 cm³/mol. The van der Waals surface area contributed by atoms with Gasteiger partial charge in [-0.2, -0.15) is 0 Å². The zero-order valence-corrected chi connectivity index (χ0v) is 12.0. The van der Waals surface area contributed by atoms with Gasteiger partial charge in [-0.1, -0.05) is 6.07 Å². The van der Waals surface area contributed by atoms with E-state index >= 15 is 0 Å². The van der Waals surface area contributed by atoms with Crippen molar-refractivity contribution in [3.63, 3.8) is 0 Å². The number of benzene rings is 1. The molecule has 2 N–H and O–H groups in total. The van der Waals surface area contributed by atoms with Crippen molar-refractivity contribution < 1.29 is 9.59 Å². The van der Waals surface area contributed by atoms with E-state index in [1.165, 1.54) is 5.56 Å². The van der Waals surface area contributed by atoms with Crippen LogP contribution in [0, 0.1) is 13.8 Å². The van der Waals surface area contributed by atoms with Crippen LogP contribution in [0.15, 0.2) is 18.2 Å². The molecule has 1 aromatic carbocycles. The second-order valence-electron chi connectivity index (χ2n) is 4.70. The summed E-state index contributed by atoms with van der Waals surface area (Å²) in [4.78, 5) is 23.5. The Morgan fingerprint density at radius 1 is 1.42 bits per heavy atom. The van der Waals surface area contributed by atoms with Crippen molar-refractivity contribution in [3.05, 3.63) is 29.3 Å². The molecule has 1 aromatic rings. The maximum Gasteiger partial charge on any atom is 0.233 e. The van der Waals surface area contributed by atoms with Crippen molar-refractivity contribution in [1.82, 2.24) is 5.32 Å². The Morgan fingerprint density at radius 2 is 2.21 bits per heavy atom. The minimum Gasteiger partial charge on any atom is -0.354 e. The molecule has 0 spiro atoms. The van der Waals surface area contributed by atoms with Gasteiger partial charge in [0, 0.05) is 24.4 Å². The molecule has 5 heteroatoms. The van der Waals surface area contributed by atoms with Crippen LogP contribution in [-0.2, 0) is 9.59 Å². The van der Waals surface area contributed by atoms with Gasteiger partial charge in [0.2, 0.25) is 11.8 Å². The number of nitrogens with one attached hydrogen (secondary N) is 2. The van der Waals surface area contributed by atoms with Crippen LogP contribution in [0.1, 0.15) is 17.5 Å². The van der Waals surface area contributed by atoms with Gasteiger partial charge >= 0.3 is 0 Å². The Kier molecular flexibility index (Phi) is 4.47. The van der Waals surface area contributed by atoms with E-state index in [2.05, 4.69) is 10.6 Å². The quantitative estimate of drug-likeness (QED) is 0.887. The minimum absolute atomic E-state index is 0.0357. The van der Waals surface area contributed by atoms with E-state index in [9.17, 15) is 9.59 Å². The number of rotatable bonds is 3. The first-order valence-corrected chi connectivity index (χ1v) is 7.37. The van der Waals surface area contributed by atoms with E-state index in [-0.39, 0.29) is 23.5 Å². The summed E-state index contributed by atoms with van der Waals surface area (Å²) in [5.41, 5.74) is 3.12. The lowest BCUT2D eigenvalue weighted by atomic mass is 10.1. The summed E-state index contributed by atoms with van der Waals surface area (Å²) in [7, 11) is 0. The number of carbonyl (C=O) groups is 2. The van der Waals surface area contributed by atoms with E-state index in [0.717, 1.165) is 17.0 Å². The molecular weight excluding hydrogens is 260 g/mol. The van der Waals surface area contributed by atoms with Crippen molar-refractivity contribution in [2.24, 2.45) is 0 Å². The summed E-state index contributed by atoms with van der Waals surface area (Å²) in [5, 5.41) is 5.36. The van der Waals surface area contributed by atoms with Crippen LogP contribution in [0.4, 0.5) is 5.69 Å². The zero-order chi connectivity index (χ0) is 13.8. The molecule has 0 bridgehead atoms.